The first-order valence-electron chi connectivity index (χ1n) is 6.36. The van der Waals surface area contributed by atoms with Crippen molar-refractivity contribution < 1.29 is 14.7 Å². The zero-order valence-corrected chi connectivity index (χ0v) is 11.3. The molecule has 19 heavy (non-hydrogen) atoms. The number of carboxylic acids is 1. The third kappa shape index (κ3) is 4.37. The molecule has 0 radical (unpaired) electrons. The Kier molecular flexibility index (Phi) is 5.51. The van der Waals surface area contributed by atoms with Gasteiger partial charge >= 0.3 is 5.97 Å². The maximum atomic E-state index is 11.9. The summed E-state index contributed by atoms with van der Waals surface area (Å²) in [6, 6.07) is 4.05. The van der Waals surface area contributed by atoms with E-state index in [0.29, 0.717) is 12.1 Å². The van der Waals surface area contributed by atoms with Crippen molar-refractivity contribution in [3.8, 4) is 0 Å². The molecular formula is C14H20N2O3. The van der Waals surface area contributed by atoms with Crippen molar-refractivity contribution in [3.05, 3.63) is 29.3 Å². The molecule has 0 aliphatic carbocycles. The Morgan fingerprint density at radius 2 is 2.11 bits per heavy atom. The molecule has 1 aromatic carbocycles. The number of rotatable bonds is 6. The second kappa shape index (κ2) is 6.89. The minimum Gasteiger partial charge on any atom is -0.478 e. The lowest BCUT2D eigenvalue weighted by Crippen LogP contribution is -2.35. The van der Waals surface area contributed by atoms with Crippen LogP contribution in [0.2, 0.25) is 0 Å². The number of carbonyl (C=O) groups is 2. The summed E-state index contributed by atoms with van der Waals surface area (Å²) in [6.45, 7) is 3.84. The van der Waals surface area contributed by atoms with Gasteiger partial charge < -0.3 is 16.2 Å². The highest BCUT2D eigenvalue weighted by Gasteiger charge is 2.14. The largest absolute Gasteiger partial charge is 0.478 e. The number of unbranched alkanes of at least 4 members (excludes halogenated alkanes) is 1. The summed E-state index contributed by atoms with van der Waals surface area (Å²) in [5.74, 6) is -1.30. The van der Waals surface area contributed by atoms with Gasteiger partial charge in [-0.15, -0.1) is 0 Å². The fourth-order valence-electron chi connectivity index (χ4n) is 1.67. The molecule has 0 bridgehead atoms. The van der Waals surface area contributed by atoms with E-state index in [1.165, 1.54) is 12.1 Å². The number of aryl methyl sites for hydroxylation is 1. The molecule has 0 saturated heterocycles. The zero-order valence-electron chi connectivity index (χ0n) is 11.3. The molecule has 1 aromatic rings. The number of amides is 1. The van der Waals surface area contributed by atoms with Crippen LogP contribution in [-0.4, -0.2) is 23.0 Å². The second-order valence-electron chi connectivity index (χ2n) is 4.57. The van der Waals surface area contributed by atoms with Crippen LogP contribution in [0.15, 0.2) is 18.2 Å². The topological polar surface area (TPSA) is 92.4 Å². The Balaban J connectivity index is 2.78. The van der Waals surface area contributed by atoms with Gasteiger partial charge in [0.2, 0.25) is 5.91 Å². The van der Waals surface area contributed by atoms with E-state index in [-0.39, 0.29) is 11.5 Å². The van der Waals surface area contributed by atoms with Gasteiger partial charge in [-0.2, -0.15) is 0 Å². The van der Waals surface area contributed by atoms with Gasteiger partial charge in [0.15, 0.2) is 0 Å². The number of aromatic carboxylic acids is 1. The Labute approximate surface area is 112 Å². The molecule has 5 nitrogen and oxygen atoms in total. The first-order valence-corrected chi connectivity index (χ1v) is 6.36. The molecule has 0 aromatic heterocycles. The molecular weight excluding hydrogens is 244 g/mol. The van der Waals surface area contributed by atoms with Crippen molar-refractivity contribution in [2.75, 3.05) is 5.32 Å². The normalized spacial score (nSPS) is 11.9. The van der Waals surface area contributed by atoms with Crippen LogP contribution in [0, 0.1) is 6.92 Å². The van der Waals surface area contributed by atoms with Gasteiger partial charge in [-0.05, 0) is 31.0 Å². The molecule has 4 N–H and O–H groups in total. The Bertz CT molecular complexity index is 472. The van der Waals surface area contributed by atoms with E-state index in [1.807, 2.05) is 6.92 Å². The number of nitrogens with two attached hydrogens (primary N) is 1. The van der Waals surface area contributed by atoms with Gasteiger partial charge in [-0.1, -0.05) is 25.8 Å². The molecule has 0 aliphatic heterocycles. The molecule has 0 fully saturated rings. The minimum atomic E-state index is -1.02. The summed E-state index contributed by atoms with van der Waals surface area (Å²) >= 11 is 0. The van der Waals surface area contributed by atoms with Crippen LogP contribution in [-0.2, 0) is 4.79 Å². The molecule has 0 heterocycles. The molecule has 104 valence electrons. The van der Waals surface area contributed by atoms with Crippen LogP contribution < -0.4 is 11.1 Å². The Morgan fingerprint density at radius 3 is 2.68 bits per heavy atom. The van der Waals surface area contributed by atoms with E-state index in [0.717, 1.165) is 18.4 Å². The highest BCUT2D eigenvalue weighted by atomic mass is 16.4. The van der Waals surface area contributed by atoms with E-state index in [2.05, 4.69) is 5.32 Å². The van der Waals surface area contributed by atoms with Crippen LogP contribution in [0.4, 0.5) is 5.69 Å². The fraction of sp³-hybridized carbons (Fsp3) is 0.429. The second-order valence-corrected chi connectivity index (χ2v) is 4.57. The lowest BCUT2D eigenvalue weighted by Gasteiger charge is -2.13. The van der Waals surface area contributed by atoms with E-state index in [1.54, 1.807) is 13.0 Å². The molecule has 0 spiro atoms. The van der Waals surface area contributed by atoms with Crippen LogP contribution in [0.3, 0.4) is 0 Å². The van der Waals surface area contributed by atoms with Crippen LogP contribution in [0.25, 0.3) is 0 Å². The van der Waals surface area contributed by atoms with Crippen molar-refractivity contribution in [1.82, 2.24) is 0 Å². The summed E-state index contributed by atoms with van der Waals surface area (Å²) in [7, 11) is 0. The summed E-state index contributed by atoms with van der Waals surface area (Å²) in [4.78, 5) is 22.8. The number of benzene rings is 1. The number of carbonyl (C=O) groups excluding carboxylic acids is 1. The van der Waals surface area contributed by atoms with Gasteiger partial charge in [0.25, 0.3) is 0 Å². The van der Waals surface area contributed by atoms with E-state index < -0.39 is 12.0 Å². The molecule has 1 amide bonds. The SMILES string of the molecule is CCCC[C@H](N)C(=O)Nc1cc(C(=O)O)ccc1C. The third-order valence-electron chi connectivity index (χ3n) is 2.95. The summed E-state index contributed by atoms with van der Waals surface area (Å²) in [5, 5.41) is 11.6. The lowest BCUT2D eigenvalue weighted by atomic mass is 10.1. The lowest BCUT2D eigenvalue weighted by molar-refractivity contribution is -0.117. The predicted molar refractivity (Wildman–Crippen MR) is 74.3 cm³/mol. The summed E-state index contributed by atoms with van der Waals surface area (Å²) in [5.41, 5.74) is 7.22. The number of carboxylic acid groups (broad SMARTS) is 1. The van der Waals surface area contributed by atoms with Gasteiger partial charge in [0.1, 0.15) is 0 Å². The summed E-state index contributed by atoms with van der Waals surface area (Å²) < 4.78 is 0. The van der Waals surface area contributed by atoms with Crippen molar-refractivity contribution in [2.24, 2.45) is 5.73 Å². The van der Waals surface area contributed by atoms with Crippen molar-refractivity contribution in [3.63, 3.8) is 0 Å². The van der Waals surface area contributed by atoms with Crippen LogP contribution in [0.5, 0.6) is 0 Å². The quantitative estimate of drug-likeness (QED) is 0.734. The van der Waals surface area contributed by atoms with Gasteiger partial charge in [0.05, 0.1) is 11.6 Å². The number of anilines is 1. The van der Waals surface area contributed by atoms with E-state index in [4.69, 9.17) is 10.8 Å². The standard InChI is InChI=1S/C14H20N2O3/c1-3-4-5-11(15)13(17)16-12-8-10(14(18)19)7-6-9(12)2/h6-8,11H,3-5,15H2,1-2H3,(H,16,17)(H,18,19)/t11-/m0/s1. The van der Waals surface area contributed by atoms with Crippen LogP contribution in [0.1, 0.15) is 42.1 Å². The smallest absolute Gasteiger partial charge is 0.335 e. The van der Waals surface area contributed by atoms with Gasteiger partial charge in [-0.3, -0.25) is 4.79 Å². The fourth-order valence-corrected chi connectivity index (χ4v) is 1.67. The third-order valence-corrected chi connectivity index (χ3v) is 2.95. The highest BCUT2D eigenvalue weighted by molar-refractivity contribution is 5.97. The monoisotopic (exact) mass is 264 g/mol. The Hall–Kier alpha value is -1.88. The average Bonchev–Trinajstić information content (AvgIpc) is 2.38. The molecule has 1 rings (SSSR count). The average molecular weight is 264 g/mol. The van der Waals surface area contributed by atoms with Crippen molar-refractivity contribution >= 4 is 17.6 Å². The molecule has 0 saturated carbocycles. The predicted octanol–water partition coefficient (Wildman–Crippen LogP) is 2.15. The highest BCUT2D eigenvalue weighted by Crippen LogP contribution is 2.17. The van der Waals surface area contributed by atoms with Crippen LogP contribution >= 0.6 is 0 Å². The maximum Gasteiger partial charge on any atom is 0.335 e. The molecule has 1 atom stereocenters. The van der Waals surface area contributed by atoms with Gasteiger partial charge in [-0.25, -0.2) is 4.79 Å². The molecule has 0 unspecified atom stereocenters. The van der Waals surface area contributed by atoms with E-state index in [9.17, 15) is 9.59 Å². The van der Waals surface area contributed by atoms with Gasteiger partial charge in [0, 0.05) is 5.69 Å². The van der Waals surface area contributed by atoms with E-state index >= 15 is 0 Å². The summed E-state index contributed by atoms with van der Waals surface area (Å²) in [6.07, 6.45) is 2.50. The Morgan fingerprint density at radius 1 is 1.42 bits per heavy atom. The molecule has 5 heteroatoms. The first kappa shape index (κ1) is 15.2. The number of nitrogens with one attached hydrogen (secondary N) is 1. The van der Waals surface area contributed by atoms with Crippen molar-refractivity contribution in [2.45, 2.75) is 39.2 Å². The zero-order chi connectivity index (χ0) is 14.4. The number of hydrogen-bond donors (Lipinski definition) is 3. The molecule has 0 aliphatic rings. The maximum absolute atomic E-state index is 11.9. The minimum absolute atomic E-state index is 0.142. The van der Waals surface area contributed by atoms with Crippen molar-refractivity contribution in [1.29, 1.82) is 0 Å². The number of hydrogen-bond acceptors (Lipinski definition) is 3. The first-order chi connectivity index (χ1) is 8.95.